The molecular weight excluding hydrogens is 246 g/mol. The molecule has 19 heavy (non-hydrogen) atoms. The SMILES string of the molecule is CC(NC(=O)C1CCCN1)C(=O)NCc1ccco1. The van der Waals surface area contributed by atoms with Crippen LogP contribution in [0.3, 0.4) is 0 Å². The van der Waals surface area contributed by atoms with Gasteiger partial charge in [-0.3, -0.25) is 9.59 Å². The van der Waals surface area contributed by atoms with E-state index in [0.29, 0.717) is 12.3 Å². The van der Waals surface area contributed by atoms with Crippen LogP contribution in [-0.4, -0.2) is 30.4 Å². The summed E-state index contributed by atoms with van der Waals surface area (Å²) >= 11 is 0. The summed E-state index contributed by atoms with van der Waals surface area (Å²) in [4.78, 5) is 23.6. The summed E-state index contributed by atoms with van der Waals surface area (Å²) in [5.41, 5.74) is 0. The molecular formula is C13H19N3O3. The van der Waals surface area contributed by atoms with Gasteiger partial charge in [-0.1, -0.05) is 0 Å². The zero-order valence-electron chi connectivity index (χ0n) is 10.9. The fraction of sp³-hybridized carbons (Fsp3) is 0.538. The number of nitrogens with one attached hydrogen (secondary N) is 3. The van der Waals surface area contributed by atoms with Crippen molar-refractivity contribution >= 4 is 11.8 Å². The largest absolute Gasteiger partial charge is 0.467 e. The molecule has 1 aliphatic rings. The molecule has 6 nitrogen and oxygen atoms in total. The van der Waals surface area contributed by atoms with Gasteiger partial charge < -0.3 is 20.4 Å². The van der Waals surface area contributed by atoms with E-state index in [1.54, 1.807) is 25.3 Å². The molecule has 1 fully saturated rings. The van der Waals surface area contributed by atoms with Crippen molar-refractivity contribution in [3.8, 4) is 0 Å². The van der Waals surface area contributed by atoms with Crippen molar-refractivity contribution in [3.63, 3.8) is 0 Å². The molecule has 3 N–H and O–H groups in total. The molecule has 1 saturated heterocycles. The summed E-state index contributed by atoms with van der Waals surface area (Å²) in [5.74, 6) is 0.352. The van der Waals surface area contributed by atoms with Gasteiger partial charge in [0.2, 0.25) is 11.8 Å². The highest BCUT2D eigenvalue weighted by Gasteiger charge is 2.24. The van der Waals surface area contributed by atoms with Gasteiger partial charge in [0.15, 0.2) is 0 Å². The third kappa shape index (κ3) is 3.82. The second-order valence-electron chi connectivity index (χ2n) is 4.68. The molecule has 0 spiro atoms. The van der Waals surface area contributed by atoms with E-state index in [-0.39, 0.29) is 17.9 Å². The first-order chi connectivity index (χ1) is 9.16. The van der Waals surface area contributed by atoms with Gasteiger partial charge in [-0.15, -0.1) is 0 Å². The summed E-state index contributed by atoms with van der Waals surface area (Å²) in [6, 6.07) is 2.83. The lowest BCUT2D eigenvalue weighted by atomic mass is 10.2. The van der Waals surface area contributed by atoms with E-state index in [0.717, 1.165) is 19.4 Å². The summed E-state index contributed by atoms with van der Waals surface area (Å²) in [6.45, 7) is 2.86. The zero-order chi connectivity index (χ0) is 13.7. The molecule has 2 unspecified atom stereocenters. The van der Waals surface area contributed by atoms with Crippen LogP contribution in [0.15, 0.2) is 22.8 Å². The Morgan fingerprint density at radius 2 is 2.42 bits per heavy atom. The van der Waals surface area contributed by atoms with Gasteiger partial charge >= 0.3 is 0 Å². The fourth-order valence-corrected chi connectivity index (χ4v) is 2.03. The van der Waals surface area contributed by atoms with Crippen LogP contribution in [0.2, 0.25) is 0 Å². The Hall–Kier alpha value is -1.82. The first-order valence-electron chi connectivity index (χ1n) is 6.50. The van der Waals surface area contributed by atoms with Crippen LogP contribution in [0.5, 0.6) is 0 Å². The van der Waals surface area contributed by atoms with E-state index in [2.05, 4.69) is 16.0 Å². The Morgan fingerprint density at radius 1 is 1.58 bits per heavy atom. The van der Waals surface area contributed by atoms with Crippen molar-refractivity contribution in [2.45, 2.75) is 38.4 Å². The van der Waals surface area contributed by atoms with Crippen molar-refractivity contribution in [3.05, 3.63) is 24.2 Å². The summed E-state index contributed by atoms with van der Waals surface area (Å²) in [7, 11) is 0. The van der Waals surface area contributed by atoms with E-state index < -0.39 is 6.04 Å². The third-order valence-corrected chi connectivity index (χ3v) is 3.15. The average molecular weight is 265 g/mol. The lowest BCUT2D eigenvalue weighted by Gasteiger charge is -2.16. The molecule has 2 atom stereocenters. The smallest absolute Gasteiger partial charge is 0.242 e. The van der Waals surface area contributed by atoms with Gasteiger partial charge in [-0.25, -0.2) is 0 Å². The molecule has 0 radical (unpaired) electrons. The van der Waals surface area contributed by atoms with Crippen LogP contribution in [0.25, 0.3) is 0 Å². The molecule has 104 valence electrons. The Morgan fingerprint density at radius 3 is 3.05 bits per heavy atom. The molecule has 0 aromatic carbocycles. The lowest BCUT2D eigenvalue weighted by Crippen LogP contribution is -2.49. The van der Waals surface area contributed by atoms with Gasteiger partial charge in [0.25, 0.3) is 0 Å². The highest BCUT2D eigenvalue weighted by Crippen LogP contribution is 2.05. The lowest BCUT2D eigenvalue weighted by molar-refractivity contribution is -0.129. The molecule has 0 saturated carbocycles. The first kappa shape index (κ1) is 13.6. The number of rotatable bonds is 5. The predicted molar refractivity (Wildman–Crippen MR) is 69.2 cm³/mol. The van der Waals surface area contributed by atoms with E-state index >= 15 is 0 Å². The van der Waals surface area contributed by atoms with Crippen LogP contribution in [0, 0.1) is 0 Å². The monoisotopic (exact) mass is 265 g/mol. The summed E-state index contributed by atoms with van der Waals surface area (Å²) < 4.78 is 5.11. The number of hydrogen-bond donors (Lipinski definition) is 3. The Kier molecular flexibility index (Phi) is 4.57. The van der Waals surface area contributed by atoms with Crippen molar-refractivity contribution in [1.29, 1.82) is 0 Å². The molecule has 2 rings (SSSR count). The van der Waals surface area contributed by atoms with Crippen molar-refractivity contribution in [2.24, 2.45) is 0 Å². The van der Waals surface area contributed by atoms with Gasteiger partial charge in [-0.05, 0) is 38.4 Å². The van der Waals surface area contributed by atoms with Crippen LogP contribution in [0.4, 0.5) is 0 Å². The minimum atomic E-state index is -0.551. The Balaban J connectivity index is 1.73. The second-order valence-corrected chi connectivity index (χ2v) is 4.68. The molecule has 2 amide bonds. The van der Waals surface area contributed by atoms with E-state index in [1.807, 2.05) is 0 Å². The number of carbonyl (C=O) groups is 2. The average Bonchev–Trinajstić information content (AvgIpc) is 3.08. The van der Waals surface area contributed by atoms with E-state index in [4.69, 9.17) is 4.42 Å². The van der Waals surface area contributed by atoms with Gasteiger partial charge in [0.05, 0.1) is 18.8 Å². The summed E-state index contributed by atoms with van der Waals surface area (Å²) in [5, 5.41) is 8.52. The van der Waals surface area contributed by atoms with E-state index in [1.165, 1.54) is 0 Å². The Labute approximate surface area is 111 Å². The predicted octanol–water partition coefficient (Wildman–Crippen LogP) is 0.153. The number of furan rings is 1. The van der Waals surface area contributed by atoms with Crippen LogP contribution in [0.1, 0.15) is 25.5 Å². The second kappa shape index (κ2) is 6.38. The maximum Gasteiger partial charge on any atom is 0.242 e. The van der Waals surface area contributed by atoms with Crippen LogP contribution in [-0.2, 0) is 16.1 Å². The van der Waals surface area contributed by atoms with Gasteiger partial charge in [-0.2, -0.15) is 0 Å². The molecule has 1 aromatic heterocycles. The standard InChI is InChI=1S/C13H19N3O3/c1-9(16-13(18)11-5-2-6-14-11)12(17)15-8-10-4-3-7-19-10/h3-4,7,9,11,14H,2,5-6,8H2,1H3,(H,15,17)(H,16,18). The maximum atomic E-state index is 11.8. The van der Waals surface area contributed by atoms with Crippen molar-refractivity contribution in [2.75, 3.05) is 6.54 Å². The van der Waals surface area contributed by atoms with Gasteiger partial charge in [0.1, 0.15) is 11.8 Å². The maximum absolute atomic E-state index is 11.8. The third-order valence-electron chi connectivity index (χ3n) is 3.15. The fourth-order valence-electron chi connectivity index (χ4n) is 2.03. The zero-order valence-corrected chi connectivity index (χ0v) is 10.9. The van der Waals surface area contributed by atoms with E-state index in [9.17, 15) is 9.59 Å². The van der Waals surface area contributed by atoms with Crippen LogP contribution >= 0.6 is 0 Å². The summed E-state index contributed by atoms with van der Waals surface area (Å²) in [6.07, 6.45) is 3.38. The number of hydrogen-bond acceptors (Lipinski definition) is 4. The molecule has 1 aliphatic heterocycles. The first-order valence-corrected chi connectivity index (χ1v) is 6.50. The highest BCUT2D eigenvalue weighted by atomic mass is 16.3. The normalized spacial score (nSPS) is 19.9. The van der Waals surface area contributed by atoms with Crippen LogP contribution < -0.4 is 16.0 Å². The molecule has 0 bridgehead atoms. The highest BCUT2D eigenvalue weighted by molar-refractivity contribution is 5.89. The van der Waals surface area contributed by atoms with Crippen molar-refractivity contribution < 1.29 is 14.0 Å². The topological polar surface area (TPSA) is 83.4 Å². The molecule has 1 aromatic rings. The Bertz CT molecular complexity index is 424. The van der Waals surface area contributed by atoms with Crippen molar-refractivity contribution in [1.82, 2.24) is 16.0 Å². The number of carbonyl (C=O) groups excluding carboxylic acids is 2. The molecule has 0 aliphatic carbocycles. The number of amides is 2. The minimum absolute atomic E-state index is 0.113. The molecule has 6 heteroatoms. The molecule has 2 heterocycles. The minimum Gasteiger partial charge on any atom is -0.467 e. The quantitative estimate of drug-likeness (QED) is 0.708. The van der Waals surface area contributed by atoms with Gasteiger partial charge in [0, 0.05) is 0 Å².